The van der Waals surface area contributed by atoms with E-state index in [1.807, 2.05) is 0 Å². The zero-order valence-corrected chi connectivity index (χ0v) is 5.12. The quantitative estimate of drug-likeness (QED) is 0.417. The number of aromatic amines is 1. The smallest absolute Gasteiger partial charge is 1.00 e. The van der Waals surface area contributed by atoms with Gasteiger partial charge in [-0.1, -0.05) is 0 Å². The van der Waals surface area contributed by atoms with Crippen LogP contribution in [0.1, 0.15) is 0 Å². The summed E-state index contributed by atoms with van der Waals surface area (Å²) in [7, 11) is 0. The van der Waals surface area contributed by atoms with Crippen molar-refractivity contribution in [1.82, 2.24) is 9.97 Å². The Morgan fingerprint density at radius 2 is 2.14 bits per heavy atom. The van der Waals surface area contributed by atoms with Gasteiger partial charge < -0.3 is 17.4 Å². The normalized spacial score (nSPS) is 5.71. The number of H-pyrrole nitrogens is 1. The average Bonchev–Trinajstić information content (AvgIpc) is 1.76. The Morgan fingerprint density at radius 1 is 1.43 bits per heavy atom. The van der Waals surface area contributed by atoms with Crippen molar-refractivity contribution >= 4 is 0 Å². The maximum Gasteiger partial charge on any atom is 2.00 e. The molecule has 0 aliphatic carbocycles. The first-order valence-corrected chi connectivity index (χ1v) is 1.43. The number of hydrogen-bond acceptors (Lipinski definition) is 1. The van der Waals surface area contributed by atoms with Crippen molar-refractivity contribution in [2.24, 2.45) is 0 Å². The number of aromatic nitrogens is 2. The van der Waals surface area contributed by atoms with E-state index < -0.39 is 0 Å². The van der Waals surface area contributed by atoms with Crippen molar-refractivity contribution in [3.63, 3.8) is 0 Å². The van der Waals surface area contributed by atoms with E-state index in [9.17, 15) is 0 Å². The third-order valence-corrected chi connectivity index (χ3v) is 0.406. The van der Waals surface area contributed by atoms with Gasteiger partial charge in [0.05, 0.1) is 6.33 Å². The molecule has 0 spiro atoms. The summed E-state index contributed by atoms with van der Waals surface area (Å²) in [6, 6.07) is 0. The van der Waals surface area contributed by atoms with Crippen molar-refractivity contribution in [2.75, 3.05) is 0 Å². The predicted octanol–water partition coefficient (Wildman–Crippen LogP) is -2.59. The van der Waals surface area contributed by atoms with Crippen LogP contribution in [-0.4, -0.2) is 9.97 Å². The Balaban J connectivity index is 0. The van der Waals surface area contributed by atoms with Crippen molar-refractivity contribution in [1.29, 1.82) is 0 Å². The first-order chi connectivity index (χ1) is 2.50. The molecular weight excluding hydrogens is 158 g/mol. The van der Waals surface area contributed by atoms with Gasteiger partial charge in [0, 0.05) is 12.4 Å². The number of nitrogens with one attached hydrogen (secondary N) is 1. The van der Waals surface area contributed by atoms with E-state index >= 15 is 0 Å². The van der Waals surface area contributed by atoms with Crippen LogP contribution in [0.2, 0.25) is 0 Å². The zero-order chi connectivity index (χ0) is 3.54. The Hall–Kier alpha value is -0.00649. The average molecular weight is 162 g/mol. The summed E-state index contributed by atoms with van der Waals surface area (Å²) in [6.45, 7) is 0. The van der Waals surface area contributed by atoms with Gasteiger partial charge in [-0.25, -0.2) is 4.98 Å². The summed E-state index contributed by atoms with van der Waals surface area (Å²) in [6.07, 6.45) is 5.08. The minimum Gasteiger partial charge on any atom is -1.00 e. The van der Waals surface area contributed by atoms with Gasteiger partial charge in [0.15, 0.2) is 0 Å². The summed E-state index contributed by atoms with van der Waals surface area (Å²) in [5.74, 6) is 0. The molecule has 0 aliphatic rings. The van der Waals surface area contributed by atoms with Crippen LogP contribution in [0.3, 0.4) is 0 Å². The molecule has 1 heterocycles. The minimum absolute atomic E-state index is 0. The number of nitrogens with zero attached hydrogens (tertiary/aromatic N) is 1. The van der Waals surface area contributed by atoms with Crippen LogP contribution in [0.5, 0.6) is 0 Å². The topological polar surface area (TPSA) is 28.7 Å². The second-order valence-corrected chi connectivity index (χ2v) is 0.761. The SMILES string of the molecule is [Cl-].[Ni+2].c1c[nH]cn1. The van der Waals surface area contributed by atoms with Crippen LogP contribution in [0.25, 0.3) is 0 Å². The molecule has 1 rings (SSSR count). The number of halogens is 1. The van der Waals surface area contributed by atoms with Crippen LogP contribution in [0.15, 0.2) is 18.7 Å². The molecule has 0 saturated heterocycles. The molecule has 0 atom stereocenters. The van der Waals surface area contributed by atoms with E-state index in [1.54, 1.807) is 18.7 Å². The molecule has 0 radical (unpaired) electrons. The summed E-state index contributed by atoms with van der Waals surface area (Å²) in [5, 5.41) is 0. The monoisotopic (exact) mass is 161 g/mol. The Labute approximate surface area is 58.1 Å². The van der Waals surface area contributed by atoms with Crippen molar-refractivity contribution < 1.29 is 28.9 Å². The van der Waals surface area contributed by atoms with Gasteiger partial charge in [0.1, 0.15) is 0 Å². The van der Waals surface area contributed by atoms with E-state index in [0.717, 1.165) is 0 Å². The second-order valence-electron chi connectivity index (χ2n) is 0.761. The summed E-state index contributed by atoms with van der Waals surface area (Å²) >= 11 is 0. The molecule has 7 heavy (non-hydrogen) atoms. The zero-order valence-electron chi connectivity index (χ0n) is 3.37. The third-order valence-electron chi connectivity index (χ3n) is 0.406. The fourth-order valence-electron chi connectivity index (χ4n) is 0.215. The molecule has 1 aromatic heterocycles. The van der Waals surface area contributed by atoms with Crippen molar-refractivity contribution in [2.45, 2.75) is 0 Å². The van der Waals surface area contributed by atoms with Gasteiger partial charge in [-0.15, -0.1) is 0 Å². The molecule has 4 heteroatoms. The van der Waals surface area contributed by atoms with Gasteiger partial charge in [-0.05, 0) is 0 Å². The molecule has 2 nitrogen and oxygen atoms in total. The first kappa shape index (κ1) is 10.1. The van der Waals surface area contributed by atoms with E-state index in [2.05, 4.69) is 9.97 Å². The number of rotatable bonds is 0. The molecule has 0 aromatic carbocycles. The van der Waals surface area contributed by atoms with Gasteiger partial charge in [-0.3, -0.25) is 0 Å². The standard InChI is InChI=1S/C3H4N2.ClH.Ni/c1-2-5-3-4-1;;/h1-3H,(H,4,5);1H;/q;;+2/p-1. The molecule has 0 saturated carbocycles. The summed E-state index contributed by atoms with van der Waals surface area (Å²) in [5.41, 5.74) is 0. The summed E-state index contributed by atoms with van der Waals surface area (Å²) < 4.78 is 0. The number of hydrogen-bond donors (Lipinski definition) is 1. The Bertz CT molecular complexity index is 69.4. The van der Waals surface area contributed by atoms with Crippen molar-refractivity contribution in [3.05, 3.63) is 18.7 Å². The Kier molecular flexibility index (Phi) is 8.63. The molecule has 42 valence electrons. The van der Waals surface area contributed by atoms with E-state index in [0.29, 0.717) is 0 Å². The van der Waals surface area contributed by atoms with Gasteiger partial charge in [0.2, 0.25) is 0 Å². The largest absolute Gasteiger partial charge is 2.00 e. The molecule has 1 N–H and O–H groups in total. The molecule has 0 fully saturated rings. The minimum atomic E-state index is 0. The molecule has 1 aromatic rings. The van der Waals surface area contributed by atoms with Crippen LogP contribution in [0.4, 0.5) is 0 Å². The van der Waals surface area contributed by atoms with E-state index in [4.69, 9.17) is 0 Å². The van der Waals surface area contributed by atoms with Crippen LogP contribution in [-0.2, 0) is 16.5 Å². The van der Waals surface area contributed by atoms with Crippen LogP contribution >= 0.6 is 0 Å². The molecule has 0 bridgehead atoms. The van der Waals surface area contributed by atoms with E-state index in [1.165, 1.54) is 0 Å². The predicted molar refractivity (Wildman–Crippen MR) is 18.6 cm³/mol. The van der Waals surface area contributed by atoms with E-state index in [-0.39, 0.29) is 28.9 Å². The fraction of sp³-hybridized carbons (Fsp3) is 0. The maximum atomic E-state index is 3.67. The molecule has 0 aliphatic heterocycles. The van der Waals surface area contributed by atoms with Gasteiger partial charge >= 0.3 is 16.5 Å². The third kappa shape index (κ3) is 3.83. The molecule has 0 amide bonds. The molecule has 0 unspecified atom stereocenters. The van der Waals surface area contributed by atoms with Gasteiger partial charge in [-0.2, -0.15) is 0 Å². The van der Waals surface area contributed by atoms with Crippen LogP contribution < -0.4 is 12.4 Å². The van der Waals surface area contributed by atoms with Gasteiger partial charge in [0.25, 0.3) is 0 Å². The number of imidazole rings is 1. The van der Waals surface area contributed by atoms with Crippen LogP contribution in [0, 0.1) is 0 Å². The molecular formula is C3H4ClN2Ni+. The second kappa shape index (κ2) is 5.99. The fourth-order valence-corrected chi connectivity index (χ4v) is 0.215. The Morgan fingerprint density at radius 3 is 2.29 bits per heavy atom. The summed E-state index contributed by atoms with van der Waals surface area (Å²) in [4.78, 5) is 6.42. The first-order valence-electron chi connectivity index (χ1n) is 1.43. The van der Waals surface area contributed by atoms with Crippen molar-refractivity contribution in [3.8, 4) is 0 Å². The maximum absolute atomic E-state index is 3.67.